The molecule has 0 fully saturated rings. The van der Waals surface area contributed by atoms with Gasteiger partial charge < -0.3 is 4.74 Å². The Morgan fingerprint density at radius 2 is 0.908 bits per heavy atom. The second-order valence-electron chi connectivity index (χ2n) is 17.3. The summed E-state index contributed by atoms with van der Waals surface area (Å²) in [5.41, 5.74) is 17.0. The molecule has 314 valence electrons. The van der Waals surface area contributed by atoms with E-state index in [9.17, 15) is 0 Å². The van der Waals surface area contributed by atoms with E-state index >= 15 is 0 Å². The molecule has 8 aromatic carbocycles. The van der Waals surface area contributed by atoms with Crippen molar-refractivity contribution in [3.63, 3.8) is 0 Å². The largest absolute Gasteiger partial charge is 0.457 e. The maximum Gasteiger partial charge on any atom is 0.160 e. The van der Waals surface area contributed by atoms with Crippen LogP contribution in [0.3, 0.4) is 0 Å². The molecule has 1 aliphatic heterocycles. The van der Waals surface area contributed by atoms with E-state index in [1.54, 1.807) is 0 Å². The molecule has 2 heterocycles. The van der Waals surface area contributed by atoms with Crippen LogP contribution in [0.15, 0.2) is 223 Å². The van der Waals surface area contributed by atoms with Gasteiger partial charge in [0.1, 0.15) is 11.5 Å². The van der Waals surface area contributed by atoms with Gasteiger partial charge in [0.05, 0.1) is 23.1 Å². The Morgan fingerprint density at radius 3 is 1.42 bits per heavy atom. The van der Waals surface area contributed by atoms with E-state index in [0.29, 0.717) is 5.82 Å². The molecule has 0 N–H and O–H groups in total. The molecular formula is C61H49N3O. The Labute approximate surface area is 382 Å². The average Bonchev–Trinajstić information content (AvgIpc) is 3.37. The van der Waals surface area contributed by atoms with Crippen LogP contribution in [0.25, 0.3) is 61.7 Å². The zero-order chi connectivity index (χ0) is 44.3. The molecule has 0 aliphatic carbocycles. The Morgan fingerprint density at radius 1 is 0.477 bits per heavy atom. The zero-order valence-corrected chi connectivity index (χ0v) is 37.1. The van der Waals surface area contributed by atoms with Crippen LogP contribution in [0.4, 0.5) is 0 Å². The molecule has 0 amide bonds. The molecular weight excluding hydrogens is 791 g/mol. The number of hydrogen-bond donors (Lipinski definition) is 0. The number of hydrogen-bond acceptors (Lipinski definition) is 4. The highest BCUT2D eigenvalue weighted by molar-refractivity contribution is 6.12. The Balaban J connectivity index is 0.905. The highest BCUT2D eigenvalue weighted by Gasteiger charge is 2.35. The minimum Gasteiger partial charge on any atom is -0.457 e. The molecule has 0 spiro atoms. The lowest BCUT2D eigenvalue weighted by Crippen LogP contribution is -2.24. The van der Waals surface area contributed by atoms with Crippen LogP contribution in [-0.2, 0) is 5.41 Å². The fourth-order valence-corrected chi connectivity index (χ4v) is 8.77. The lowest BCUT2D eigenvalue weighted by Gasteiger charge is -2.35. The maximum atomic E-state index is 6.61. The van der Waals surface area contributed by atoms with Crippen LogP contribution in [0.5, 0.6) is 11.5 Å². The summed E-state index contributed by atoms with van der Waals surface area (Å²) in [5.74, 6) is 2.47. The minimum atomic E-state index is -0.309. The van der Waals surface area contributed by atoms with Crippen molar-refractivity contribution in [3.8, 4) is 67.7 Å². The van der Waals surface area contributed by atoms with E-state index in [4.69, 9.17) is 19.7 Å². The molecule has 0 radical (unpaired) electrons. The van der Waals surface area contributed by atoms with Gasteiger partial charge in [0.15, 0.2) is 5.82 Å². The number of rotatable bonds is 10. The molecule has 9 aromatic rings. The van der Waals surface area contributed by atoms with Crippen LogP contribution in [0.1, 0.15) is 61.6 Å². The van der Waals surface area contributed by atoms with E-state index in [1.807, 2.05) is 48.5 Å². The van der Waals surface area contributed by atoms with Gasteiger partial charge in [-0.3, -0.25) is 4.99 Å². The van der Waals surface area contributed by atoms with Gasteiger partial charge in [0.25, 0.3) is 0 Å². The van der Waals surface area contributed by atoms with E-state index in [-0.39, 0.29) is 11.5 Å². The van der Waals surface area contributed by atoms with Crippen molar-refractivity contribution in [2.75, 3.05) is 0 Å². The Bertz CT molecular complexity index is 3120. The molecule has 65 heavy (non-hydrogen) atoms. The standard InChI is InChI=1S/C61H49N3O/c1-41(43-17-9-5-10-18-43)37-55(47-19-11-6-12-20-47)62-42(2)44-25-27-45(28-26-44)51-33-35-58-53(38-51)61(3,4)54-39-52(34-36-59(54)65-58)46-29-31-50(32-30-46)60-63-56(48-21-13-7-14-22-48)40-57(64-60)49-23-15-8-16-24-49/h5-40,42H,1-4H3/b41-37+,62-55+. The van der Waals surface area contributed by atoms with Crippen molar-refractivity contribution >= 4 is 11.3 Å². The number of nitrogens with zero attached hydrogens (tertiary/aromatic N) is 3. The number of benzene rings is 8. The normalized spacial score (nSPS) is 13.6. The first-order valence-electron chi connectivity index (χ1n) is 22.3. The molecule has 1 atom stereocenters. The molecule has 1 aromatic heterocycles. The summed E-state index contributed by atoms with van der Waals surface area (Å²) in [6.07, 6.45) is 2.20. The zero-order valence-electron chi connectivity index (χ0n) is 37.1. The van der Waals surface area contributed by atoms with Crippen LogP contribution >= 0.6 is 0 Å². The van der Waals surface area contributed by atoms with E-state index in [2.05, 4.69) is 198 Å². The van der Waals surface area contributed by atoms with Crippen molar-refractivity contribution < 1.29 is 4.74 Å². The summed E-state index contributed by atoms with van der Waals surface area (Å²) < 4.78 is 6.61. The van der Waals surface area contributed by atoms with Gasteiger partial charge >= 0.3 is 0 Å². The van der Waals surface area contributed by atoms with E-state index < -0.39 is 0 Å². The molecule has 4 heteroatoms. The summed E-state index contributed by atoms with van der Waals surface area (Å²) in [7, 11) is 0. The van der Waals surface area contributed by atoms with Crippen LogP contribution in [-0.4, -0.2) is 15.7 Å². The molecule has 0 bridgehead atoms. The summed E-state index contributed by atoms with van der Waals surface area (Å²) >= 11 is 0. The Kier molecular flexibility index (Phi) is 11.2. The minimum absolute atomic E-state index is 0.0384. The van der Waals surface area contributed by atoms with Crippen molar-refractivity contribution in [2.45, 2.75) is 39.2 Å². The monoisotopic (exact) mass is 839 g/mol. The van der Waals surface area contributed by atoms with E-state index in [1.165, 1.54) is 11.1 Å². The third-order valence-electron chi connectivity index (χ3n) is 12.6. The number of aromatic nitrogens is 2. The molecule has 1 aliphatic rings. The molecule has 0 saturated carbocycles. The van der Waals surface area contributed by atoms with Gasteiger partial charge in [-0.15, -0.1) is 0 Å². The third kappa shape index (κ3) is 8.59. The summed E-state index contributed by atoms with van der Waals surface area (Å²) in [5, 5.41) is 0. The van der Waals surface area contributed by atoms with Crippen LogP contribution in [0, 0.1) is 0 Å². The highest BCUT2D eigenvalue weighted by atomic mass is 16.5. The SMILES string of the molecule is C/C(=C\C(=N/C(C)c1ccc(-c2ccc3c(c2)C(C)(C)c2cc(-c4ccc(-c5nc(-c6ccccc6)cc(-c6ccccc6)n5)cc4)ccc2O3)cc1)c1ccccc1)c1ccccc1. The van der Waals surface area contributed by atoms with Gasteiger partial charge in [0, 0.05) is 33.2 Å². The number of allylic oxidation sites excluding steroid dienone is 2. The first-order valence-corrected chi connectivity index (χ1v) is 22.3. The summed E-state index contributed by atoms with van der Waals surface area (Å²) in [6.45, 7) is 8.92. The third-order valence-corrected chi connectivity index (χ3v) is 12.6. The fourth-order valence-electron chi connectivity index (χ4n) is 8.77. The van der Waals surface area contributed by atoms with E-state index in [0.717, 1.165) is 89.8 Å². The maximum absolute atomic E-state index is 6.61. The predicted molar refractivity (Wildman–Crippen MR) is 269 cm³/mol. The van der Waals surface area contributed by atoms with Crippen molar-refractivity contribution in [3.05, 3.63) is 246 Å². The average molecular weight is 840 g/mol. The van der Waals surface area contributed by atoms with Gasteiger partial charge in [-0.05, 0) is 94.8 Å². The number of aliphatic imine (C=N–C) groups is 1. The quantitative estimate of drug-likeness (QED) is 0.129. The lowest BCUT2D eigenvalue weighted by atomic mass is 9.74. The Hall–Kier alpha value is -7.95. The van der Waals surface area contributed by atoms with Gasteiger partial charge in [0.2, 0.25) is 0 Å². The fraction of sp³-hybridized carbons (Fsp3) is 0.0984. The predicted octanol–water partition coefficient (Wildman–Crippen LogP) is 15.9. The first-order chi connectivity index (χ1) is 31.8. The van der Waals surface area contributed by atoms with Crippen molar-refractivity contribution in [1.29, 1.82) is 0 Å². The van der Waals surface area contributed by atoms with Gasteiger partial charge in [-0.25, -0.2) is 9.97 Å². The summed E-state index contributed by atoms with van der Waals surface area (Å²) in [4.78, 5) is 15.4. The van der Waals surface area contributed by atoms with Crippen LogP contribution in [0.2, 0.25) is 0 Å². The summed E-state index contributed by atoms with van der Waals surface area (Å²) in [6, 6.07) is 74.2. The molecule has 4 nitrogen and oxygen atoms in total. The van der Waals surface area contributed by atoms with Crippen molar-refractivity contribution in [1.82, 2.24) is 9.97 Å². The first kappa shape index (κ1) is 41.1. The molecule has 1 unspecified atom stereocenters. The number of fused-ring (bicyclic) bond motifs is 2. The highest BCUT2D eigenvalue weighted by Crippen LogP contribution is 2.50. The number of ether oxygens (including phenoxy) is 1. The van der Waals surface area contributed by atoms with Crippen LogP contribution < -0.4 is 4.74 Å². The smallest absolute Gasteiger partial charge is 0.160 e. The second-order valence-corrected chi connectivity index (χ2v) is 17.3. The van der Waals surface area contributed by atoms with Gasteiger partial charge in [-0.2, -0.15) is 0 Å². The topological polar surface area (TPSA) is 47.4 Å². The van der Waals surface area contributed by atoms with Crippen molar-refractivity contribution in [2.24, 2.45) is 4.99 Å². The second kappa shape index (κ2) is 17.7. The molecule has 0 saturated heterocycles. The van der Waals surface area contributed by atoms with Gasteiger partial charge in [-0.1, -0.05) is 196 Å². The lowest BCUT2D eigenvalue weighted by molar-refractivity contribution is 0.418. The molecule has 10 rings (SSSR count).